The minimum atomic E-state index is -3.38. The molecular formula is C20H20F2N2O6S. The van der Waals surface area contributed by atoms with E-state index in [4.69, 9.17) is 4.74 Å². The van der Waals surface area contributed by atoms with E-state index in [1.54, 1.807) is 6.92 Å². The Balaban J connectivity index is 1.97. The van der Waals surface area contributed by atoms with Gasteiger partial charge >= 0.3 is 6.61 Å². The molecule has 8 nitrogen and oxygen atoms in total. The summed E-state index contributed by atoms with van der Waals surface area (Å²) in [5, 5.41) is 0. The van der Waals surface area contributed by atoms with E-state index >= 15 is 0 Å². The summed E-state index contributed by atoms with van der Waals surface area (Å²) in [5.41, 5.74) is 4.98. The fraction of sp³-hybridized carbons (Fsp3) is 0.200. The Hall–Kier alpha value is -3.47. The minimum Gasteiger partial charge on any atom is -0.490 e. The number of hydrazine groups is 1. The normalized spacial score (nSPS) is 11.4. The molecule has 2 rings (SSSR count). The summed E-state index contributed by atoms with van der Waals surface area (Å²) in [6.07, 6.45) is 3.55. The second-order valence-electron chi connectivity index (χ2n) is 6.09. The van der Waals surface area contributed by atoms with Gasteiger partial charge in [0.1, 0.15) is 0 Å². The quantitative estimate of drug-likeness (QED) is 0.469. The number of hydrogen-bond donors (Lipinski definition) is 2. The molecule has 2 aromatic carbocycles. The summed E-state index contributed by atoms with van der Waals surface area (Å²) in [5.74, 6) is -1.34. The average Bonchev–Trinajstić information content (AvgIpc) is 2.71. The minimum absolute atomic E-state index is 0.0624. The molecule has 0 saturated carbocycles. The van der Waals surface area contributed by atoms with Gasteiger partial charge in [-0.15, -0.1) is 0 Å². The first-order chi connectivity index (χ1) is 14.6. The second kappa shape index (κ2) is 10.5. The monoisotopic (exact) mass is 454 g/mol. The number of nitrogens with one attached hydrogen (secondary N) is 2. The van der Waals surface area contributed by atoms with Gasteiger partial charge in [0.15, 0.2) is 21.3 Å². The molecular weight excluding hydrogens is 434 g/mol. The van der Waals surface area contributed by atoms with E-state index in [0.29, 0.717) is 5.56 Å². The smallest absolute Gasteiger partial charge is 0.387 e. The van der Waals surface area contributed by atoms with Gasteiger partial charge < -0.3 is 9.47 Å². The highest BCUT2D eigenvalue weighted by Gasteiger charge is 2.12. The number of carbonyl (C=O) groups is 2. The maximum atomic E-state index is 12.4. The van der Waals surface area contributed by atoms with E-state index in [0.717, 1.165) is 12.3 Å². The number of carbonyl (C=O) groups excluding carboxylic acids is 2. The van der Waals surface area contributed by atoms with Crippen molar-refractivity contribution in [3.05, 3.63) is 59.7 Å². The third-order valence-corrected chi connectivity index (χ3v) is 4.88. The van der Waals surface area contributed by atoms with Crippen LogP contribution in [0.25, 0.3) is 6.08 Å². The number of halogens is 2. The van der Waals surface area contributed by atoms with Crippen molar-refractivity contribution in [2.24, 2.45) is 0 Å². The van der Waals surface area contributed by atoms with Crippen molar-refractivity contribution in [1.82, 2.24) is 10.9 Å². The molecule has 0 bridgehead atoms. The zero-order chi connectivity index (χ0) is 23.0. The van der Waals surface area contributed by atoms with Gasteiger partial charge in [0.2, 0.25) is 0 Å². The molecule has 0 aliphatic carbocycles. The lowest BCUT2D eigenvalue weighted by Gasteiger charge is -2.11. The third kappa shape index (κ3) is 7.37. The molecule has 2 N–H and O–H groups in total. The Bertz CT molecular complexity index is 1070. The fourth-order valence-electron chi connectivity index (χ4n) is 2.35. The predicted molar refractivity (Wildman–Crippen MR) is 108 cm³/mol. The number of sulfone groups is 1. The fourth-order valence-corrected chi connectivity index (χ4v) is 2.98. The first-order valence-corrected chi connectivity index (χ1v) is 10.8. The highest BCUT2D eigenvalue weighted by molar-refractivity contribution is 7.90. The molecule has 0 unspecified atom stereocenters. The lowest BCUT2D eigenvalue weighted by Crippen LogP contribution is -2.40. The van der Waals surface area contributed by atoms with E-state index in [9.17, 15) is 26.8 Å². The lowest BCUT2D eigenvalue weighted by atomic mass is 10.2. The van der Waals surface area contributed by atoms with Gasteiger partial charge in [0, 0.05) is 17.9 Å². The molecule has 0 radical (unpaired) electrons. The van der Waals surface area contributed by atoms with Crippen molar-refractivity contribution >= 4 is 27.7 Å². The number of amides is 2. The number of alkyl halides is 2. The Morgan fingerprint density at radius 2 is 1.74 bits per heavy atom. The number of rotatable bonds is 8. The average molecular weight is 454 g/mol. The Kier molecular flexibility index (Phi) is 8.08. The van der Waals surface area contributed by atoms with Gasteiger partial charge in [-0.1, -0.05) is 6.07 Å². The van der Waals surface area contributed by atoms with Gasteiger partial charge in [-0.3, -0.25) is 20.4 Å². The van der Waals surface area contributed by atoms with Crippen LogP contribution < -0.4 is 20.3 Å². The van der Waals surface area contributed by atoms with Crippen LogP contribution >= 0.6 is 0 Å². The Morgan fingerprint density at radius 1 is 1.06 bits per heavy atom. The van der Waals surface area contributed by atoms with E-state index in [1.165, 1.54) is 48.5 Å². The maximum absolute atomic E-state index is 12.4. The summed E-state index contributed by atoms with van der Waals surface area (Å²) in [6, 6.07) is 9.35. The van der Waals surface area contributed by atoms with Gasteiger partial charge in [0.05, 0.1) is 11.5 Å². The first kappa shape index (κ1) is 23.8. The van der Waals surface area contributed by atoms with Gasteiger partial charge in [-0.25, -0.2) is 8.42 Å². The molecule has 0 saturated heterocycles. The van der Waals surface area contributed by atoms with Crippen molar-refractivity contribution in [3.8, 4) is 11.5 Å². The highest BCUT2D eigenvalue weighted by Crippen LogP contribution is 2.30. The van der Waals surface area contributed by atoms with Crippen LogP contribution in [0, 0.1) is 0 Å². The van der Waals surface area contributed by atoms with E-state index in [1.807, 2.05) is 0 Å². The van der Waals surface area contributed by atoms with Crippen molar-refractivity contribution in [2.75, 3.05) is 12.9 Å². The van der Waals surface area contributed by atoms with Crippen molar-refractivity contribution in [3.63, 3.8) is 0 Å². The molecule has 0 spiro atoms. The summed E-state index contributed by atoms with van der Waals surface area (Å²) >= 11 is 0. The standard InChI is InChI=1S/C20H20F2N2O6S/c1-3-29-17-12-13(4-10-16(17)30-20(21)22)5-11-18(25)23-24-19(26)14-6-8-15(9-7-14)31(2,27)28/h4-12,20H,3H2,1-2H3,(H,23,25)(H,24,26)/b11-5+. The van der Waals surface area contributed by atoms with Gasteiger partial charge in [-0.05, 0) is 55.0 Å². The van der Waals surface area contributed by atoms with Crippen LogP contribution in [-0.2, 0) is 14.6 Å². The SMILES string of the molecule is CCOc1cc(/C=C/C(=O)NNC(=O)c2ccc(S(C)(=O)=O)cc2)ccc1OC(F)F. The van der Waals surface area contributed by atoms with Crippen LogP contribution in [0.3, 0.4) is 0 Å². The molecule has 0 fully saturated rings. The van der Waals surface area contributed by atoms with Crippen LogP contribution in [0.4, 0.5) is 8.78 Å². The molecule has 166 valence electrons. The third-order valence-electron chi connectivity index (χ3n) is 3.75. The summed E-state index contributed by atoms with van der Waals surface area (Å²) in [4.78, 5) is 24.0. The van der Waals surface area contributed by atoms with E-state index in [-0.39, 0.29) is 28.6 Å². The van der Waals surface area contributed by atoms with Crippen LogP contribution in [-0.4, -0.2) is 39.7 Å². The lowest BCUT2D eigenvalue weighted by molar-refractivity contribution is -0.117. The Morgan fingerprint density at radius 3 is 2.32 bits per heavy atom. The van der Waals surface area contributed by atoms with Crippen LogP contribution in [0.1, 0.15) is 22.8 Å². The number of hydrogen-bond acceptors (Lipinski definition) is 6. The largest absolute Gasteiger partial charge is 0.490 e. The molecule has 2 aromatic rings. The summed E-state index contributed by atoms with van der Waals surface area (Å²) in [6.45, 7) is -1.10. The van der Waals surface area contributed by atoms with E-state index < -0.39 is 28.3 Å². The Labute approximate surface area is 177 Å². The van der Waals surface area contributed by atoms with Crippen molar-refractivity contribution in [2.45, 2.75) is 18.4 Å². The molecule has 31 heavy (non-hydrogen) atoms. The molecule has 0 heterocycles. The van der Waals surface area contributed by atoms with Crippen LogP contribution in [0.5, 0.6) is 11.5 Å². The topological polar surface area (TPSA) is 111 Å². The summed E-state index contributed by atoms with van der Waals surface area (Å²) in [7, 11) is -3.38. The summed E-state index contributed by atoms with van der Waals surface area (Å²) < 4.78 is 57.3. The molecule has 2 amide bonds. The second-order valence-corrected chi connectivity index (χ2v) is 8.11. The molecule has 11 heteroatoms. The number of ether oxygens (including phenoxy) is 2. The molecule has 0 aliphatic heterocycles. The van der Waals surface area contributed by atoms with Crippen molar-refractivity contribution in [1.29, 1.82) is 0 Å². The highest BCUT2D eigenvalue weighted by atomic mass is 32.2. The molecule has 0 aliphatic rings. The van der Waals surface area contributed by atoms with E-state index in [2.05, 4.69) is 15.6 Å². The first-order valence-electron chi connectivity index (χ1n) is 8.90. The van der Waals surface area contributed by atoms with Crippen LogP contribution in [0.2, 0.25) is 0 Å². The van der Waals surface area contributed by atoms with Gasteiger partial charge in [0.25, 0.3) is 11.8 Å². The predicted octanol–water partition coefficient (Wildman–Crippen LogP) is 2.56. The molecule has 0 aromatic heterocycles. The number of benzene rings is 2. The van der Waals surface area contributed by atoms with Crippen molar-refractivity contribution < 1.29 is 36.3 Å². The van der Waals surface area contributed by atoms with Crippen LogP contribution in [0.15, 0.2) is 53.4 Å². The van der Waals surface area contributed by atoms with Gasteiger partial charge in [-0.2, -0.15) is 8.78 Å². The zero-order valence-electron chi connectivity index (χ0n) is 16.6. The zero-order valence-corrected chi connectivity index (χ0v) is 17.4. The molecule has 0 atom stereocenters. The maximum Gasteiger partial charge on any atom is 0.387 e.